The van der Waals surface area contributed by atoms with Gasteiger partial charge in [-0.25, -0.2) is 4.79 Å². The molecule has 0 saturated carbocycles. The Morgan fingerprint density at radius 3 is 2.86 bits per heavy atom. The normalized spacial score (nSPS) is 26.8. The summed E-state index contributed by atoms with van der Waals surface area (Å²) in [7, 11) is 0. The number of hydrogen-bond donors (Lipinski definition) is 3. The zero-order valence-corrected chi connectivity index (χ0v) is 11.8. The van der Waals surface area contributed by atoms with Gasteiger partial charge in [0.15, 0.2) is 0 Å². The lowest BCUT2D eigenvalue weighted by atomic mass is 9.88. The molecule has 1 aromatic rings. The van der Waals surface area contributed by atoms with Crippen molar-refractivity contribution in [2.75, 3.05) is 6.54 Å². The highest BCUT2D eigenvalue weighted by Gasteiger charge is 2.42. The predicted octanol–water partition coefficient (Wildman–Crippen LogP) is 1.18. The fourth-order valence-electron chi connectivity index (χ4n) is 3.43. The molecular formula is C16H20N2O3. The molecule has 2 aliphatic rings. The molecule has 5 heteroatoms. The van der Waals surface area contributed by atoms with Crippen LogP contribution in [0.2, 0.25) is 0 Å². The van der Waals surface area contributed by atoms with Crippen LogP contribution in [0.1, 0.15) is 35.2 Å². The van der Waals surface area contributed by atoms with Crippen molar-refractivity contribution in [2.45, 2.75) is 37.8 Å². The highest BCUT2D eigenvalue weighted by molar-refractivity contribution is 5.87. The second kappa shape index (κ2) is 5.85. The Morgan fingerprint density at radius 1 is 1.33 bits per heavy atom. The van der Waals surface area contributed by atoms with E-state index in [9.17, 15) is 9.59 Å². The van der Waals surface area contributed by atoms with Crippen LogP contribution in [0, 0.1) is 5.92 Å². The van der Waals surface area contributed by atoms with Crippen LogP contribution in [-0.4, -0.2) is 35.6 Å². The molecule has 1 amide bonds. The minimum absolute atomic E-state index is 0.106. The molecule has 3 unspecified atom stereocenters. The highest BCUT2D eigenvalue weighted by Crippen LogP contribution is 2.33. The third-order valence-electron chi connectivity index (χ3n) is 4.52. The maximum Gasteiger partial charge on any atom is 0.335 e. The van der Waals surface area contributed by atoms with E-state index in [1.165, 1.54) is 6.42 Å². The van der Waals surface area contributed by atoms with Crippen LogP contribution < -0.4 is 10.6 Å². The summed E-state index contributed by atoms with van der Waals surface area (Å²) in [4.78, 5) is 23.1. The average molecular weight is 288 g/mol. The first-order valence-corrected chi connectivity index (χ1v) is 7.49. The quantitative estimate of drug-likeness (QED) is 0.760. The molecule has 5 nitrogen and oxygen atoms in total. The van der Waals surface area contributed by atoms with Crippen LogP contribution in [0.5, 0.6) is 0 Å². The number of aromatic carboxylic acids is 1. The minimum atomic E-state index is -0.922. The molecule has 3 N–H and O–H groups in total. The fourth-order valence-corrected chi connectivity index (χ4v) is 3.43. The van der Waals surface area contributed by atoms with Crippen molar-refractivity contribution in [3.63, 3.8) is 0 Å². The van der Waals surface area contributed by atoms with Gasteiger partial charge in [0, 0.05) is 18.6 Å². The summed E-state index contributed by atoms with van der Waals surface area (Å²) < 4.78 is 0. The van der Waals surface area contributed by atoms with Crippen LogP contribution in [0.15, 0.2) is 24.3 Å². The van der Waals surface area contributed by atoms with Crippen LogP contribution in [0.4, 0.5) is 0 Å². The third kappa shape index (κ3) is 3.08. The molecule has 21 heavy (non-hydrogen) atoms. The SMILES string of the molecule is O=C(O)c1cccc(CCNC(=O)C2CC3CCC2N3)c1. The topological polar surface area (TPSA) is 78.4 Å². The van der Waals surface area contributed by atoms with Gasteiger partial charge < -0.3 is 15.7 Å². The monoisotopic (exact) mass is 288 g/mol. The Morgan fingerprint density at radius 2 is 2.19 bits per heavy atom. The average Bonchev–Trinajstić information content (AvgIpc) is 3.10. The maximum atomic E-state index is 12.2. The molecule has 0 spiro atoms. The number of carboxylic acid groups (broad SMARTS) is 1. The zero-order chi connectivity index (χ0) is 14.8. The van der Waals surface area contributed by atoms with Gasteiger partial charge in [-0.15, -0.1) is 0 Å². The van der Waals surface area contributed by atoms with E-state index in [1.807, 2.05) is 6.07 Å². The van der Waals surface area contributed by atoms with Crippen LogP contribution in [-0.2, 0) is 11.2 Å². The maximum absolute atomic E-state index is 12.2. The van der Waals surface area contributed by atoms with E-state index in [2.05, 4.69) is 10.6 Å². The first-order valence-electron chi connectivity index (χ1n) is 7.49. The zero-order valence-electron chi connectivity index (χ0n) is 11.8. The summed E-state index contributed by atoms with van der Waals surface area (Å²) in [5, 5.41) is 15.4. The van der Waals surface area contributed by atoms with E-state index in [0.717, 1.165) is 18.4 Å². The molecule has 1 aromatic carbocycles. The fraction of sp³-hybridized carbons (Fsp3) is 0.500. The summed E-state index contributed by atoms with van der Waals surface area (Å²) >= 11 is 0. The lowest BCUT2D eigenvalue weighted by Crippen LogP contribution is -2.38. The molecule has 2 bridgehead atoms. The standard InChI is InChI=1S/C16H20N2O3/c19-15(13-9-12-4-5-14(13)18-12)17-7-6-10-2-1-3-11(8-10)16(20)21/h1-3,8,12-14,18H,4-7,9H2,(H,17,19)(H,20,21). The Balaban J connectivity index is 1.49. The van der Waals surface area contributed by atoms with Crippen molar-refractivity contribution >= 4 is 11.9 Å². The number of carbonyl (C=O) groups is 2. The Labute approximate surface area is 123 Å². The predicted molar refractivity (Wildman–Crippen MR) is 78.2 cm³/mol. The third-order valence-corrected chi connectivity index (χ3v) is 4.52. The summed E-state index contributed by atoms with van der Waals surface area (Å²) in [5.74, 6) is -0.688. The summed E-state index contributed by atoms with van der Waals surface area (Å²) in [5.41, 5.74) is 1.22. The Bertz CT molecular complexity index is 558. The van der Waals surface area contributed by atoms with Gasteiger partial charge in [-0.1, -0.05) is 12.1 Å². The smallest absolute Gasteiger partial charge is 0.335 e. The first kappa shape index (κ1) is 14.1. The largest absolute Gasteiger partial charge is 0.478 e. The molecule has 0 aliphatic carbocycles. The summed E-state index contributed by atoms with van der Waals surface area (Å²) in [6.45, 7) is 0.551. The molecule has 2 aliphatic heterocycles. The number of benzene rings is 1. The van der Waals surface area contributed by atoms with Gasteiger partial charge in [0.25, 0.3) is 0 Å². The Kier molecular flexibility index (Phi) is 3.92. The van der Waals surface area contributed by atoms with Crippen molar-refractivity contribution in [1.29, 1.82) is 0 Å². The van der Waals surface area contributed by atoms with Gasteiger partial charge in [-0.3, -0.25) is 4.79 Å². The van der Waals surface area contributed by atoms with Crippen molar-refractivity contribution < 1.29 is 14.7 Å². The summed E-state index contributed by atoms with van der Waals surface area (Å²) in [6, 6.07) is 7.74. The summed E-state index contributed by atoms with van der Waals surface area (Å²) in [6.07, 6.45) is 3.89. The van der Waals surface area contributed by atoms with Crippen molar-refractivity contribution in [3.05, 3.63) is 35.4 Å². The van der Waals surface area contributed by atoms with Gasteiger partial charge in [0.05, 0.1) is 11.5 Å². The lowest BCUT2D eigenvalue weighted by molar-refractivity contribution is -0.125. The number of rotatable bonds is 5. The van der Waals surface area contributed by atoms with Crippen LogP contribution >= 0.6 is 0 Å². The Hall–Kier alpha value is -1.88. The molecule has 3 atom stereocenters. The highest BCUT2D eigenvalue weighted by atomic mass is 16.4. The molecule has 112 valence electrons. The number of fused-ring (bicyclic) bond motifs is 2. The number of hydrogen-bond acceptors (Lipinski definition) is 3. The number of carboxylic acids is 1. The number of nitrogens with one attached hydrogen (secondary N) is 2. The van der Waals surface area contributed by atoms with E-state index in [0.29, 0.717) is 25.0 Å². The first-order chi connectivity index (χ1) is 10.1. The van der Waals surface area contributed by atoms with Crippen molar-refractivity contribution in [1.82, 2.24) is 10.6 Å². The second-order valence-corrected chi connectivity index (χ2v) is 5.94. The van der Waals surface area contributed by atoms with E-state index in [1.54, 1.807) is 18.2 Å². The van der Waals surface area contributed by atoms with Gasteiger partial charge in [0.2, 0.25) is 5.91 Å². The van der Waals surface area contributed by atoms with E-state index >= 15 is 0 Å². The molecule has 2 heterocycles. The van der Waals surface area contributed by atoms with Crippen molar-refractivity contribution in [3.8, 4) is 0 Å². The molecule has 2 saturated heterocycles. The van der Waals surface area contributed by atoms with Gasteiger partial charge in [-0.2, -0.15) is 0 Å². The molecule has 0 radical (unpaired) electrons. The number of carbonyl (C=O) groups excluding carboxylic acids is 1. The van der Waals surface area contributed by atoms with Crippen LogP contribution in [0.25, 0.3) is 0 Å². The van der Waals surface area contributed by atoms with E-state index in [-0.39, 0.29) is 17.4 Å². The molecule has 0 aromatic heterocycles. The van der Waals surface area contributed by atoms with Crippen LogP contribution in [0.3, 0.4) is 0 Å². The van der Waals surface area contributed by atoms with Gasteiger partial charge >= 0.3 is 5.97 Å². The second-order valence-electron chi connectivity index (χ2n) is 5.94. The van der Waals surface area contributed by atoms with E-state index < -0.39 is 5.97 Å². The van der Waals surface area contributed by atoms with Crippen molar-refractivity contribution in [2.24, 2.45) is 5.92 Å². The molecule has 2 fully saturated rings. The minimum Gasteiger partial charge on any atom is -0.478 e. The molecule has 3 rings (SSSR count). The van der Waals surface area contributed by atoms with Gasteiger partial charge in [0.1, 0.15) is 0 Å². The number of amides is 1. The van der Waals surface area contributed by atoms with Gasteiger partial charge in [-0.05, 0) is 43.4 Å². The van der Waals surface area contributed by atoms with E-state index in [4.69, 9.17) is 5.11 Å². The molecular weight excluding hydrogens is 268 g/mol. The lowest BCUT2D eigenvalue weighted by Gasteiger charge is -2.19.